The highest BCUT2D eigenvalue weighted by Gasteiger charge is 2.33. The van der Waals surface area contributed by atoms with Crippen LogP contribution in [0.15, 0.2) is 36.9 Å². The van der Waals surface area contributed by atoms with Gasteiger partial charge in [-0.15, -0.1) is 11.7 Å². The van der Waals surface area contributed by atoms with Crippen molar-refractivity contribution in [2.24, 2.45) is 0 Å². The zero-order valence-electron chi connectivity index (χ0n) is 17.8. The van der Waals surface area contributed by atoms with Crippen LogP contribution in [-0.4, -0.2) is 76.8 Å². The van der Waals surface area contributed by atoms with Crippen molar-refractivity contribution >= 4 is 5.69 Å². The minimum atomic E-state index is -0.175. The molecule has 7 heteroatoms. The SMILES string of the molecule is C=CCN1CCN(C(c2ccc(N(C)C)cc2)c2nnnn2C(C)(C)C)CC1. The molecule has 1 aliphatic rings. The van der Waals surface area contributed by atoms with E-state index in [0.717, 1.165) is 38.5 Å². The molecule has 28 heavy (non-hydrogen) atoms. The minimum Gasteiger partial charge on any atom is -0.378 e. The molecule has 7 nitrogen and oxygen atoms in total. The fraction of sp³-hybridized carbons (Fsp3) is 0.571. The molecule has 1 unspecified atom stereocenters. The first-order valence-electron chi connectivity index (χ1n) is 9.94. The zero-order chi connectivity index (χ0) is 20.3. The molecule has 0 saturated carbocycles. The fourth-order valence-electron chi connectivity index (χ4n) is 3.71. The van der Waals surface area contributed by atoms with Gasteiger partial charge in [-0.2, -0.15) is 0 Å². The monoisotopic (exact) mass is 383 g/mol. The molecule has 2 heterocycles. The second kappa shape index (κ2) is 8.41. The molecule has 1 aromatic heterocycles. The average Bonchev–Trinajstić information content (AvgIpc) is 3.14. The van der Waals surface area contributed by atoms with Crippen LogP contribution in [0.4, 0.5) is 5.69 Å². The number of aromatic nitrogens is 4. The molecule has 1 aromatic carbocycles. The van der Waals surface area contributed by atoms with Crippen molar-refractivity contribution < 1.29 is 0 Å². The van der Waals surface area contributed by atoms with Crippen molar-refractivity contribution in [3.05, 3.63) is 48.3 Å². The number of rotatable bonds is 6. The Morgan fingerprint density at radius 1 is 1.11 bits per heavy atom. The summed E-state index contributed by atoms with van der Waals surface area (Å²) >= 11 is 0. The smallest absolute Gasteiger partial charge is 0.173 e. The standard InChI is InChI=1S/C21H33N7/c1-7-12-26-13-15-27(16-14-26)19(17-8-10-18(11-9-17)25(5)6)20-22-23-24-28(20)21(2,3)4/h7-11,19H,1,12-16H2,2-6H3. The van der Waals surface area contributed by atoms with E-state index in [9.17, 15) is 0 Å². The summed E-state index contributed by atoms with van der Waals surface area (Å²) in [5.74, 6) is 0.905. The highest BCUT2D eigenvalue weighted by molar-refractivity contribution is 5.47. The van der Waals surface area contributed by atoms with Gasteiger partial charge >= 0.3 is 0 Å². The van der Waals surface area contributed by atoms with Gasteiger partial charge in [0.05, 0.1) is 11.6 Å². The summed E-state index contributed by atoms with van der Waals surface area (Å²) in [6, 6.07) is 8.79. The third-order valence-electron chi connectivity index (χ3n) is 5.26. The number of benzene rings is 1. The van der Waals surface area contributed by atoms with E-state index in [-0.39, 0.29) is 11.6 Å². The van der Waals surface area contributed by atoms with Gasteiger partial charge in [0.25, 0.3) is 0 Å². The number of piperazine rings is 1. The Kier molecular flexibility index (Phi) is 6.15. The molecule has 1 aliphatic heterocycles. The summed E-state index contributed by atoms with van der Waals surface area (Å²) in [6.45, 7) is 15.2. The Balaban J connectivity index is 1.96. The van der Waals surface area contributed by atoms with Crippen molar-refractivity contribution in [1.82, 2.24) is 30.0 Å². The molecule has 0 spiro atoms. The summed E-state index contributed by atoms with van der Waals surface area (Å²) < 4.78 is 1.97. The summed E-state index contributed by atoms with van der Waals surface area (Å²) in [4.78, 5) is 7.05. The first-order chi connectivity index (χ1) is 13.3. The van der Waals surface area contributed by atoms with Crippen LogP contribution in [0.25, 0.3) is 0 Å². The van der Waals surface area contributed by atoms with Crippen LogP contribution in [0.1, 0.15) is 38.2 Å². The normalized spacial score (nSPS) is 17.5. The number of tetrazole rings is 1. The first kappa shape index (κ1) is 20.5. The summed E-state index contributed by atoms with van der Waals surface area (Å²) in [5.41, 5.74) is 2.24. The molecule has 1 fully saturated rings. The van der Waals surface area contributed by atoms with Gasteiger partial charge in [0.15, 0.2) is 5.82 Å². The third kappa shape index (κ3) is 4.42. The van der Waals surface area contributed by atoms with Crippen LogP contribution in [0.3, 0.4) is 0 Å². The molecule has 0 N–H and O–H groups in total. The van der Waals surface area contributed by atoms with Gasteiger partial charge in [-0.05, 0) is 48.9 Å². The van der Waals surface area contributed by atoms with Gasteiger partial charge in [-0.1, -0.05) is 18.2 Å². The molecule has 2 aromatic rings. The van der Waals surface area contributed by atoms with E-state index in [1.54, 1.807) is 0 Å². The van der Waals surface area contributed by atoms with Crippen LogP contribution < -0.4 is 4.90 Å². The largest absolute Gasteiger partial charge is 0.378 e. The Bertz CT molecular complexity index is 765. The number of anilines is 1. The van der Waals surface area contributed by atoms with Crippen LogP contribution in [-0.2, 0) is 5.54 Å². The molecular formula is C21H33N7. The third-order valence-corrected chi connectivity index (χ3v) is 5.26. The predicted molar refractivity (Wildman–Crippen MR) is 114 cm³/mol. The highest BCUT2D eigenvalue weighted by Crippen LogP contribution is 2.31. The van der Waals surface area contributed by atoms with Crippen LogP contribution in [0.5, 0.6) is 0 Å². The summed E-state index contributed by atoms with van der Waals surface area (Å²) in [5, 5.41) is 12.8. The van der Waals surface area contributed by atoms with Crippen molar-refractivity contribution in [3.63, 3.8) is 0 Å². The summed E-state index contributed by atoms with van der Waals surface area (Å²) in [6.07, 6.45) is 1.98. The van der Waals surface area contributed by atoms with E-state index >= 15 is 0 Å². The van der Waals surface area contributed by atoms with E-state index in [2.05, 4.69) is 95.9 Å². The molecule has 152 valence electrons. The number of hydrogen-bond donors (Lipinski definition) is 0. The number of hydrogen-bond acceptors (Lipinski definition) is 6. The van der Waals surface area contributed by atoms with E-state index in [1.165, 1.54) is 11.3 Å². The second-order valence-electron chi connectivity index (χ2n) is 8.63. The van der Waals surface area contributed by atoms with E-state index < -0.39 is 0 Å². The molecule has 3 rings (SSSR count). The second-order valence-corrected chi connectivity index (χ2v) is 8.63. The predicted octanol–water partition coefficient (Wildman–Crippen LogP) is 2.39. The lowest BCUT2D eigenvalue weighted by Gasteiger charge is -2.39. The van der Waals surface area contributed by atoms with Gasteiger partial charge in [0, 0.05) is 52.5 Å². The zero-order valence-corrected chi connectivity index (χ0v) is 17.8. The lowest BCUT2D eigenvalue weighted by Crippen LogP contribution is -2.48. The molecule has 0 aliphatic carbocycles. The lowest BCUT2D eigenvalue weighted by atomic mass is 10.0. The van der Waals surface area contributed by atoms with Gasteiger partial charge in [0.1, 0.15) is 0 Å². The van der Waals surface area contributed by atoms with Crippen molar-refractivity contribution in [3.8, 4) is 0 Å². The Hall–Kier alpha value is -2.25. The molecule has 0 radical (unpaired) electrons. The van der Waals surface area contributed by atoms with Crippen molar-refractivity contribution in [2.45, 2.75) is 32.4 Å². The van der Waals surface area contributed by atoms with Crippen LogP contribution in [0.2, 0.25) is 0 Å². The fourth-order valence-corrected chi connectivity index (χ4v) is 3.71. The Morgan fingerprint density at radius 3 is 2.29 bits per heavy atom. The van der Waals surface area contributed by atoms with Gasteiger partial charge < -0.3 is 4.90 Å². The topological polar surface area (TPSA) is 53.3 Å². The minimum absolute atomic E-state index is 0.0383. The highest BCUT2D eigenvalue weighted by atomic mass is 15.6. The van der Waals surface area contributed by atoms with Gasteiger partial charge in [0.2, 0.25) is 0 Å². The van der Waals surface area contributed by atoms with Crippen LogP contribution in [0, 0.1) is 0 Å². The molecule has 1 saturated heterocycles. The molecule has 0 amide bonds. The first-order valence-corrected chi connectivity index (χ1v) is 9.94. The molecular weight excluding hydrogens is 350 g/mol. The van der Waals surface area contributed by atoms with E-state index in [4.69, 9.17) is 0 Å². The maximum absolute atomic E-state index is 4.47. The van der Waals surface area contributed by atoms with Gasteiger partial charge in [-0.3, -0.25) is 9.80 Å². The average molecular weight is 384 g/mol. The van der Waals surface area contributed by atoms with Crippen LogP contribution >= 0.6 is 0 Å². The maximum atomic E-state index is 4.47. The number of nitrogens with zero attached hydrogens (tertiary/aromatic N) is 7. The molecule has 0 bridgehead atoms. The Morgan fingerprint density at radius 2 is 1.75 bits per heavy atom. The molecule has 1 atom stereocenters. The van der Waals surface area contributed by atoms with Gasteiger partial charge in [-0.25, -0.2) is 4.68 Å². The van der Waals surface area contributed by atoms with Crippen molar-refractivity contribution in [2.75, 3.05) is 51.7 Å². The van der Waals surface area contributed by atoms with Crippen molar-refractivity contribution in [1.29, 1.82) is 0 Å². The summed E-state index contributed by atoms with van der Waals surface area (Å²) in [7, 11) is 4.12. The quantitative estimate of drug-likeness (QED) is 0.714. The Labute approximate surface area is 168 Å². The maximum Gasteiger partial charge on any atom is 0.173 e. The van der Waals surface area contributed by atoms with E-state index in [1.807, 2.05) is 10.8 Å². The lowest BCUT2D eigenvalue weighted by molar-refractivity contribution is 0.110. The van der Waals surface area contributed by atoms with E-state index in [0.29, 0.717) is 0 Å².